The highest BCUT2D eigenvalue weighted by Gasteiger charge is 2.06. The second-order valence-corrected chi connectivity index (χ2v) is 5.37. The van der Waals surface area contributed by atoms with Gasteiger partial charge in [0, 0.05) is 16.6 Å². The minimum atomic E-state index is 0.810. The average Bonchev–Trinajstić information content (AvgIpc) is 2.38. The van der Waals surface area contributed by atoms with Crippen molar-refractivity contribution >= 4 is 15.9 Å². The maximum Gasteiger partial charge on any atom is 0.133 e. The summed E-state index contributed by atoms with van der Waals surface area (Å²) in [7, 11) is 0. The van der Waals surface area contributed by atoms with Gasteiger partial charge in [0.2, 0.25) is 0 Å². The minimum Gasteiger partial charge on any atom is -0.457 e. The summed E-state index contributed by atoms with van der Waals surface area (Å²) in [6.45, 7) is 5.91. The molecule has 0 heterocycles. The maximum absolute atomic E-state index is 6.00. The Morgan fingerprint density at radius 1 is 1.16 bits per heavy atom. The van der Waals surface area contributed by atoms with Gasteiger partial charge in [0.05, 0.1) is 0 Å². The monoisotopic (exact) mass is 319 g/mol. The van der Waals surface area contributed by atoms with Crippen molar-refractivity contribution in [3.8, 4) is 11.5 Å². The summed E-state index contributed by atoms with van der Waals surface area (Å²) in [5.41, 5.74) is 2.35. The van der Waals surface area contributed by atoms with Crippen LogP contribution in [0, 0.1) is 6.92 Å². The standard InChI is InChI=1S/C16H18BrNO/c1-3-18-11-13-7-8-14(17)10-16(13)19-15-6-4-5-12(2)9-15/h4-10,18H,3,11H2,1-2H3. The topological polar surface area (TPSA) is 21.3 Å². The Labute approximate surface area is 122 Å². The Morgan fingerprint density at radius 2 is 2.00 bits per heavy atom. The zero-order valence-electron chi connectivity index (χ0n) is 11.2. The first kappa shape index (κ1) is 14.1. The second-order valence-electron chi connectivity index (χ2n) is 4.45. The van der Waals surface area contributed by atoms with E-state index in [1.54, 1.807) is 0 Å². The lowest BCUT2D eigenvalue weighted by atomic mass is 10.2. The number of nitrogens with one attached hydrogen (secondary N) is 1. The first-order valence-corrected chi connectivity index (χ1v) is 7.22. The van der Waals surface area contributed by atoms with Crippen LogP contribution in [0.3, 0.4) is 0 Å². The SMILES string of the molecule is CCNCc1ccc(Br)cc1Oc1cccc(C)c1. The molecule has 2 aromatic rings. The van der Waals surface area contributed by atoms with Crippen molar-refractivity contribution in [1.82, 2.24) is 5.32 Å². The Morgan fingerprint density at radius 3 is 2.74 bits per heavy atom. The fourth-order valence-electron chi connectivity index (χ4n) is 1.83. The molecule has 0 aromatic heterocycles. The molecule has 0 bridgehead atoms. The lowest BCUT2D eigenvalue weighted by molar-refractivity contribution is 0.472. The van der Waals surface area contributed by atoms with Crippen LogP contribution in [0.15, 0.2) is 46.9 Å². The van der Waals surface area contributed by atoms with Crippen LogP contribution in [-0.4, -0.2) is 6.54 Å². The van der Waals surface area contributed by atoms with Crippen LogP contribution in [0.4, 0.5) is 0 Å². The van der Waals surface area contributed by atoms with Crippen LogP contribution >= 0.6 is 15.9 Å². The van der Waals surface area contributed by atoms with Crippen LogP contribution in [0.25, 0.3) is 0 Å². The largest absolute Gasteiger partial charge is 0.457 e. The van der Waals surface area contributed by atoms with Crippen molar-refractivity contribution in [3.63, 3.8) is 0 Å². The Bertz CT molecular complexity index is 554. The number of benzene rings is 2. The van der Waals surface area contributed by atoms with Crippen LogP contribution in [0.5, 0.6) is 11.5 Å². The van der Waals surface area contributed by atoms with Gasteiger partial charge in [0.25, 0.3) is 0 Å². The summed E-state index contributed by atoms with van der Waals surface area (Å²) in [6.07, 6.45) is 0. The van der Waals surface area contributed by atoms with Crippen molar-refractivity contribution in [2.24, 2.45) is 0 Å². The molecule has 0 fully saturated rings. The number of aryl methyl sites for hydroxylation is 1. The third-order valence-corrected chi connectivity index (χ3v) is 3.31. The molecule has 0 radical (unpaired) electrons. The lowest BCUT2D eigenvalue weighted by Crippen LogP contribution is -2.12. The summed E-state index contributed by atoms with van der Waals surface area (Å²) >= 11 is 3.49. The van der Waals surface area contributed by atoms with Gasteiger partial charge < -0.3 is 10.1 Å². The van der Waals surface area contributed by atoms with E-state index in [4.69, 9.17) is 4.74 Å². The molecular weight excluding hydrogens is 302 g/mol. The fraction of sp³-hybridized carbons (Fsp3) is 0.250. The predicted molar refractivity (Wildman–Crippen MR) is 82.8 cm³/mol. The molecule has 0 aliphatic heterocycles. The molecule has 0 unspecified atom stereocenters. The van der Waals surface area contributed by atoms with E-state index in [1.807, 2.05) is 30.3 Å². The van der Waals surface area contributed by atoms with Crippen molar-refractivity contribution in [3.05, 3.63) is 58.1 Å². The molecule has 3 heteroatoms. The lowest BCUT2D eigenvalue weighted by Gasteiger charge is -2.12. The van der Waals surface area contributed by atoms with E-state index in [0.717, 1.165) is 34.6 Å². The highest BCUT2D eigenvalue weighted by Crippen LogP contribution is 2.29. The quantitative estimate of drug-likeness (QED) is 0.865. The van der Waals surface area contributed by atoms with Crippen LogP contribution in [-0.2, 0) is 6.54 Å². The molecule has 0 spiro atoms. The van der Waals surface area contributed by atoms with Crippen LogP contribution < -0.4 is 10.1 Å². The van der Waals surface area contributed by atoms with Gasteiger partial charge >= 0.3 is 0 Å². The molecular formula is C16H18BrNO. The summed E-state index contributed by atoms with van der Waals surface area (Å²) in [5.74, 6) is 1.76. The average molecular weight is 320 g/mol. The first-order valence-electron chi connectivity index (χ1n) is 6.42. The van der Waals surface area contributed by atoms with Crippen LogP contribution in [0.1, 0.15) is 18.1 Å². The first-order chi connectivity index (χ1) is 9.19. The molecule has 2 nitrogen and oxygen atoms in total. The molecule has 0 atom stereocenters. The third-order valence-electron chi connectivity index (χ3n) is 2.81. The van der Waals surface area contributed by atoms with Crippen molar-refractivity contribution < 1.29 is 4.74 Å². The molecule has 0 aliphatic rings. The summed E-state index contributed by atoms with van der Waals surface area (Å²) in [5, 5.41) is 3.33. The van der Waals surface area contributed by atoms with Crippen molar-refractivity contribution in [2.75, 3.05) is 6.54 Å². The maximum atomic E-state index is 6.00. The molecule has 2 aromatic carbocycles. The molecule has 19 heavy (non-hydrogen) atoms. The van der Waals surface area contributed by atoms with Gasteiger partial charge in [-0.2, -0.15) is 0 Å². The van der Waals surface area contributed by atoms with Gasteiger partial charge in [0.1, 0.15) is 11.5 Å². The van der Waals surface area contributed by atoms with Crippen LogP contribution in [0.2, 0.25) is 0 Å². The Kier molecular flexibility index (Phi) is 5.00. The highest BCUT2D eigenvalue weighted by atomic mass is 79.9. The number of hydrogen-bond acceptors (Lipinski definition) is 2. The van der Waals surface area contributed by atoms with Gasteiger partial charge in [-0.1, -0.05) is 41.1 Å². The zero-order chi connectivity index (χ0) is 13.7. The summed E-state index contributed by atoms with van der Waals surface area (Å²) in [4.78, 5) is 0. The highest BCUT2D eigenvalue weighted by molar-refractivity contribution is 9.10. The van der Waals surface area contributed by atoms with Gasteiger partial charge in [-0.3, -0.25) is 0 Å². The van der Waals surface area contributed by atoms with Crippen molar-refractivity contribution in [1.29, 1.82) is 0 Å². The number of hydrogen-bond donors (Lipinski definition) is 1. The third kappa shape index (κ3) is 4.08. The summed E-state index contributed by atoms with van der Waals surface area (Å²) < 4.78 is 7.02. The van der Waals surface area contributed by atoms with Crippen molar-refractivity contribution in [2.45, 2.75) is 20.4 Å². The Hall–Kier alpha value is -1.32. The van der Waals surface area contributed by atoms with E-state index >= 15 is 0 Å². The molecule has 100 valence electrons. The molecule has 0 saturated carbocycles. The zero-order valence-corrected chi connectivity index (χ0v) is 12.8. The molecule has 0 aliphatic carbocycles. The van der Waals surface area contributed by atoms with Gasteiger partial charge in [0.15, 0.2) is 0 Å². The normalized spacial score (nSPS) is 10.5. The fourth-order valence-corrected chi connectivity index (χ4v) is 2.17. The van der Waals surface area contributed by atoms with E-state index in [0.29, 0.717) is 0 Å². The predicted octanol–water partition coefficient (Wildman–Crippen LogP) is 4.66. The summed E-state index contributed by atoms with van der Waals surface area (Å²) in [6, 6.07) is 14.2. The number of ether oxygens (including phenoxy) is 1. The number of halogens is 1. The minimum absolute atomic E-state index is 0.810. The van der Waals surface area contributed by atoms with E-state index in [-0.39, 0.29) is 0 Å². The second kappa shape index (κ2) is 6.73. The molecule has 2 rings (SSSR count). The van der Waals surface area contributed by atoms with E-state index in [9.17, 15) is 0 Å². The molecule has 1 N–H and O–H groups in total. The van der Waals surface area contributed by atoms with E-state index in [1.165, 1.54) is 5.56 Å². The smallest absolute Gasteiger partial charge is 0.133 e. The Balaban J connectivity index is 2.24. The van der Waals surface area contributed by atoms with Gasteiger partial charge in [-0.05, 0) is 43.3 Å². The number of rotatable bonds is 5. The van der Waals surface area contributed by atoms with E-state index in [2.05, 4.69) is 47.2 Å². The van der Waals surface area contributed by atoms with Gasteiger partial charge in [-0.25, -0.2) is 0 Å². The molecule has 0 saturated heterocycles. The molecule has 0 amide bonds. The van der Waals surface area contributed by atoms with E-state index < -0.39 is 0 Å². The van der Waals surface area contributed by atoms with Gasteiger partial charge in [-0.15, -0.1) is 0 Å².